The molecule has 0 aromatic rings. The Hall–Kier alpha value is -1.30. The zero-order valence-corrected chi connectivity index (χ0v) is 14.6. The van der Waals surface area contributed by atoms with E-state index in [4.69, 9.17) is 4.74 Å². The molecule has 3 unspecified atom stereocenters. The lowest BCUT2D eigenvalue weighted by Crippen LogP contribution is -2.57. The average Bonchev–Trinajstić information content (AvgIpc) is 2.81. The third-order valence-electron chi connectivity index (χ3n) is 5.20. The normalized spacial score (nSPS) is 35.2. The molecule has 0 radical (unpaired) electrons. The molecule has 0 aromatic heterocycles. The average molecular weight is 327 g/mol. The van der Waals surface area contributed by atoms with Crippen LogP contribution in [0.15, 0.2) is 0 Å². The Labute approximate surface area is 137 Å². The van der Waals surface area contributed by atoms with Gasteiger partial charge in [0, 0.05) is 6.54 Å². The van der Waals surface area contributed by atoms with Gasteiger partial charge in [-0.2, -0.15) is 0 Å². The van der Waals surface area contributed by atoms with Crippen molar-refractivity contribution in [2.75, 3.05) is 13.1 Å². The standard InChI is InChI=1S/C17H29NO5/c1-12-6-5-7-16(10-12,13(19)20)17(22)8-9-18(11-17)14(21)23-15(2,3)4/h12,22H,5-11H2,1-4H3,(H,19,20). The third-order valence-corrected chi connectivity index (χ3v) is 5.20. The van der Waals surface area contributed by atoms with Gasteiger partial charge in [0.1, 0.15) is 11.2 Å². The Morgan fingerprint density at radius 1 is 1.26 bits per heavy atom. The van der Waals surface area contributed by atoms with E-state index in [9.17, 15) is 19.8 Å². The van der Waals surface area contributed by atoms with Gasteiger partial charge in [0.15, 0.2) is 0 Å². The van der Waals surface area contributed by atoms with Gasteiger partial charge in [-0.05, 0) is 46.0 Å². The molecule has 0 aromatic carbocycles. The topological polar surface area (TPSA) is 87.1 Å². The first-order valence-electron chi connectivity index (χ1n) is 8.43. The van der Waals surface area contributed by atoms with Crippen molar-refractivity contribution in [2.45, 2.75) is 71.0 Å². The van der Waals surface area contributed by atoms with Crippen molar-refractivity contribution < 1.29 is 24.5 Å². The number of carbonyl (C=O) groups is 2. The quantitative estimate of drug-likeness (QED) is 0.814. The van der Waals surface area contributed by atoms with E-state index in [0.717, 1.165) is 12.8 Å². The van der Waals surface area contributed by atoms with Crippen molar-refractivity contribution in [2.24, 2.45) is 11.3 Å². The van der Waals surface area contributed by atoms with Crippen LogP contribution in [-0.4, -0.2) is 51.5 Å². The summed E-state index contributed by atoms with van der Waals surface area (Å²) >= 11 is 0. The summed E-state index contributed by atoms with van der Waals surface area (Å²) in [5.41, 5.74) is -3.16. The SMILES string of the molecule is CC1CCCC(C(=O)O)(C2(O)CCN(C(=O)OC(C)(C)C)C2)C1. The van der Waals surface area contributed by atoms with Crippen LogP contribution in [0.2, 0.25) is 0 Å². The third kappa shape index (κ3) is 3.47. The first kappa shape index (κ1) is 18.0. The van der Waals surface area contributed by atoms with Gasteiger partial charge in [-0.1, -0.05) is 19.8 Å². The van der Waals surface area contributed by atoms with Crippen LogP contribution in [-0.2, 0) is 9.53 Å². The van der Waals surface area contributed by atoms with E-state index >= 15 is 0 Å². The Kier molecular flexibility index (Phi) is 4.68. The van der Waals surface area contributed by atoms with Gasteiger partial charge in [-0.25, -0.2) is 4.79 Å². The number of aliphatic carboxylic acids is 1. The highest BCUT2D eigenvalue weighted by atomic mass is 16.6. The van der Waals surface area contributed by atoms with Gasteiger partial charge in [0.05, 0.1) is 12.0 Å². The Morgan fingerprint density at radius 3 is 2.43 bits per heavy atom. The van der Waals surface area contributed by atoms with Crippen molar-refractivity contribution in [3.63, 3.8) is 0 Å². The molecular weight excluding hydrogens is 298 g/mol. The number of β-amino-alcohol motifs (C(OH)–C–C–N with tert-alkyl or cyclic N) is 1. The van der Waals surface area contributed by atoms with Crippen molar-refractivity contribution in [3.05, 3.63) is 0 Å². The van der Waals surface area contributed by atoms with Gasteiger partial charge in [0.25, 0.3) is 0 Å². The first-order chi connectivity index (χ1) is 10.5. The molecule has 2 N–H and O–H groups in total. The molecule has 1 amide bonds. The number of carbonyl (C=O) groups excluding carboxylic acids is 1. The summed E-state index contributed by atoms with van der Waals surface area (Å²) < 4.78 is 5.35. The van der Waals surface area contributed by atoms with Crippen LogP contribution in [0.4, 0.5) is 4.79 Å². The molecule has 0 spiro atoms. The monoisotopic (exact) mass is 327 g/mol. The first-order valence-corrected chi connectivity index (χ1v) is 8.43. The molecule has 2 fully saturated rings. The van der Waals surface area contributed by atoms with Crippen molar-refractivity contribution >= 4 is 12.1 Å². The fraction of sp³-hybridized carbons (Fsp3) is 0.882. The predicted octanol–water partition coefficient (Wildman–Crippen LogP) is 2.64. The van der Waals surface area contributed by atoms with Gasteiger partial charge >= 0.3 is 12.1 Å². The molecule has 0 bridgehead atoms. The number of nitrogens with zero attached hydrogens (tertiary/aromatic N) is 1. The van der Waals surface area contributed by atoms with Gasteiger partial charge in [-0.15, -0.1) is 0 Å². The van der Waals surface area contributed by atoms with Crippen LogP contribution in [0.3, 0.4) is 0 Å². The van der Waals surface area contributed by atoms with Crippen LogP contribution in [0.5, 0.6) is 0 Å². The highest BCUT2D eigenvalue weighted by molar-refractivity contribution is 5.77. The lowest BCUT2D eigenvalue weighted by Gasteiger charge is -2.46. The van der Waals surface area contributed by atoms with Gasteiger partial charge in [-0.3, -0.25) is 4.79 Å². The molecule has 6 heteroatoms. The van der Waals surface area contributed by atoms with Gasteiger partial charge < -0.3 is 19.8 Å². The number of likely N-dealkylation sites (tertiary alicyclic amines) is 1. The molecule has 3 atom stereocenters. The van der Waals surface area contributed by atoms with Crippen molar-refractivity contribution in [3.8, 4) is 0 Å². The predicted molar refractivity (Wildman–Crippen MR) is 85.1 cm³/mol. The zero-order valence-electron chi connectivity index (χ0n) is 14.6. The smallest absolute Gasteiger partial charge is 0.410 e. The van der Waals surface area contributed by atoms with E-state index in [-0.39, 0.29) is 18.9 Å². The molecule has 1 saturated heterocycles. The zero-order chi connectivity index (χ0) is 17.5. The van der Waals surface area contributed by atoms with Crippen LogP contribution in [0, 0.1) is 11.3 Å². The minimum absolute atomic E-state index is 0.0287. The van der Waals surface area contributed by atoms with Crippen molar-refractivity contribution in [1.82, 2.24) is 4.90 Å². The molecule has 1 aliphatic carbocycles. The number of hydrogen-bond donors (Lipinski definition) is 2. The summed E-state index contributed by atoms with van der Waals surface area (Å²) in [6.45, 7) is 7.74. The summed E-state index contributed by atoms with van der Waals surface area (Å²) in [7, 11) is 0. The minimum atomic E-state index is -1.38. The number of aliphatic hydroxyl groups is 1. The molecule has 2 aliphatic rings. The van der Waals surface area contributed by atoms with Crippen LogP contribution in [0.25, 0.3) is 0 Å². The van der Waals surface area contributed by atoms with E-state index in [0.29, 0.717) is 19.4 Å². The Bertz CT molecular complexity index is 486. The van der Waals surface area contributed by atoms with Crippen LogP contribution >= 0.6 is 0 Å². The lowest BCUT2D eigenvalue weighted by molar-refractivity contribution is -0.175. The Balaban J connectivity index is 2.18. The Morgan fingerprint density at radius 2 is 1.91 bits per heavy atom. The molecule has 1 heterocycles. The summed E-state index contributed by atoms with van der Waals surface area (Å²) in [5, 5.41) is 21.0. The van der Waals surface area contributed by atoms with Crippen LogP contribution in [0.1, 0.15) is 59.8 Å². The van der Waals surface area contributed by atoms with Crippen LogP contribution < -0.4 is 0 Å². The summed E-state index contributed by atoms with van der Waals surface area (Å²) in [4.78, 5) is 25.7. The summed E-state index contributed by atoms with van der Waals surface area (Å²) in [5.74, 6) is -0.683. The maximum atomic E-state index is 12.2. The highest BCUT2D eigenvalue weighted by Gasteiger charge is 2.60. The van der Waals surface area contributed by atoms with E-state index < -0.39 is 28.7 Å². The summed E-state index contributed by atoms with van der Waals surface area (Å²) in [6.07, 6.45) is 2.50. The molecule has 1 saturated carbocycles. The second kappa shape index (κ2) is 5.96. The van der Waals surface area contributed by atoms with E-state index in [1.54, 1.807) is 20.8 Å². The van der Waals surface area contributed by atoms with E-state index in [2.05, 4.69) is 0 Å². The fourth-order valence-electron chi connectivity index (χ4n) is 4.03. The van der Waals surface area contributed by atoms with Gasteiger partial charge in [0.2, 0.25) is 0 Å². The summed E-state index contributed by atoms with van der Waals surface area (Å²) in [6, 6.07) is 0. The number of hydrogen-bond acceptors (Lipinski definition) is 4. The molecule has 1 aliphatic heterocycles. The second-order valence-electron chi connectivity index (χ2n) is 8.27. The number of ether oxygens (including phenoxy) is 1. The highest BCUT2D eigenvalue weighted by Crippen LogP contribution is 2.50. The number of carboxylic acids is 1. The number of rotatable bonds is 2. The molecule has 23 heavy (non-hydrogen) atoms. The van der Waals surface area contributed by atoms with E-state index in [1.807, 2.05) is 6.92 Å². The molecule has 132 valence electrons. The molecular formula is C17H29NO5. The second-order valence-corrected chi connectivity index (χ2v) is 8.27. The largest absolute Gasteiger partial charge is 0.481 e. The maximum absolute atomic E-state index is 12.2. The number of amides is 1. The molecule has 2 rings (SSSR count). The lowest BCUT2D eigenvalue weighted by atomic mass is 9.60. The molecule has 6 nitrogen and oxygen atoms in total. The van der Waals surface area contributed by atoms with Crippen molar-refractivity contribution in [1.29, 1.82) is 0 Å². The fourth-order valence-corrected chi connectivity index (χ4v) is 4.03. The minimum Gasteiger partial charge on any atom is -0.481 e. The van der Waals surface area contributed by atoms with E-state index in [1.165, 1.54) is 4.90 Å². The number of carboxylic acid groups (broad SMARTS) is 1. The maximum Gasteiger partial charge on any atom is 0.410 e.